The molecule has 1 N–H and O–H groups in total. The molecular weight excluding hydrogens is 355 g/mol. The molecule has 0 fully saturated rings. The summed E-state index contributed by atoms with van der Waals surface area (Å²) >= 11 is 13.5. The minimum Gasteiger partial charge on any atom is -0.482 e. The summed E-state index contributed by atoms with van der Waals surface area (Å²) in [7, 11) is 3.97. The number of hydrogen-bond donors (Lipinski definition) is 1. The van der Waals surface area contributed by atoms with Gasteiger partial charge in [-0.15, -0.1) is 11.3 Å². The number of likely N-dealkylation sites (N-methyl/N-ethyl adjacent to an activating group) is 1. The third-order valence-corrected chi connectivity index (χ3v) is 4.76. The van der Waals surface area contributed by atoms with Crippen molar-refractivity contribution in [3.05, 3.63) is 50.6 Å². The normalized spacial score (nSPS) is 12.2. The van der Waals surface area contributed by atoms with Gasteiger partial charge in [0.2, 0.25) is 0 Å². The minimum absolute atomic E-state index is 0.106. The van der Waals surface area contributed by atoms with Crippen molar-refractivity contribution in [3.8, 4) is 5.75 Å². The lowest BCUT2D eigenvalue weighted by molar-refractivity contribution is -0.123. The number of hydrogen-bond acceptors (Lipinski definition) is 4. The Labute approximate surface area is 150 Å². The van der Waals surface area contributed by atoms with Gasteiger partial charge in [0.1, 0.15) is 5.75 Å². The van der Waals surface area contributed by atoms with E-state index in [9.17, 15) is 4.79 Å². The summed E-state index contributed by atoms with van der Waals surface area (Å²) < 4.78 is 5.42. The molecule has 4 nitrogen and oxygen atoms in total. The number of nitrogens with zero attached hydrogens (tertiary/aromatic N) is 1. The fourth-order valence-electron chi connectivity index (χ4n) is 2.01. The maximum absolute atomic E-state index is 12.0. The molecule has 0 aliphatic heterocycles. The van der Waals surface area contributed by atoms with E-state index in [2.05, 4.69) is 16.3 Å². The third kappa shape index (κ3) is 5.39. The summed E-state index contributed by atoms with van der Waals surface area (Å²) in [5.74, 6) is 0.196. The number of amides is 1. The maximum atomic E-state index is 12.0. The molecule has 1 aromatic heterocycles. The molecule has 1 atom stereocenters. The summed E-state index contributed by atoms with van der Waals surface area (Å²) in [4.78, 5) is 15.3. The lowest BCUT2D eigenvalue weighted by atomic mass is 10.2. The number of nitrogens with one attached hydrogen (secondary N) is 1. The highest BCUT2D eigenvalue weighted by molar-refractivity contribution is 7.10. The predicted molar refractivity (Wildman–Crippen MR) is 95.7 cm³/mol. The quantitative estimate of drug-likeness (QED) is 0.802. The Hall–Kier alpha value is -1.27. The molecule has 1 unspecified atom stereocenters. The van der Waals surface area contributed by atoms with E-state index in [1.54, 1.807) is 29.5 Å². The van der Waals surface area contributed by atoms with Gasteiger partial charge in [-0.2, -0.15) is 0 Å². The van der Waals surface area contributed by atoms with Crippen molar-refractivity contribution < 1.29 is 9.53 Å². The van der Waals surface area contributed by atoms with Crippen LogP contribution in [0.4, 0.5) is 0 Å². The third-order valence-electron chi connectivity index (χ3n) is 3.24. The summed E-state index contributed by atoms with van der Waals surface area (Å²) in [6, 6.07) is 9.08. The van der Waals surface area contributed by atoms with Gasteiger partial charge in [0.15, 0.2) is 6.61 Å². The van der Waals surface area contributed by atoms with E-state index in [1.165, 1.54) is 4.88 Å². The molecule has 0 saturated carbocycles. The van der Waals surface area contributed by atoms with Gasteiger partial charge in [-0.1, -0.05) is 29.3 Å². The molecule has 0 saturated heterocycles. The van der Waals surface area contributed by atoms with Crippen molar-refractivity contribution in [1.82, 2.24) is 10.2 Å². The summed E-state index contributed by atoms with van der Waals surface area (Å²) in [5.41, 5.74) is 0. The van der Waals surface area contributed by atoms with E-state index in [-0.39, 0.29) is 18.6 Å². The smallest absolute Gasteiger partial charge is 0.258 e. The average molecular weight is 373 g/mol. The molecule has 7 heteroatoms. The van der Waals surface area contributed by atoms with Gasteiger partial charge in [-0.3, -0.25) is 4.79 Å². The van der Waals surface area contributed by atoms with Gasteiger partial charge in [0.25, 0.3) is 5.91 Å². The Morgan fingerprint density at radius 1 is 1.35 bits per heavy atom. The zero-order valence-corrected chi connectivity index (χ0v) is 15.2. The lowest BCUT2D eigenvalue weighted by Gasteiger charge is -2.23. The number of carbonyl (C=O) groups excluding carboxylic acids is 1. The topological polar surface area (TPSA) is 41.6 Å². The van der Waals surface area contributed by atoms with Crippen LogP contribution >= 0.6 is 34.5 Å². The van der Waals surface area contributed by atoms with Crippen molar-refractivity contribution in [3.63, 3.8) is 0 Å². The fourth-order valence-corrected chi connectivity index (χ4v) is 3.27. The van der Waals surface area contributed by atoms with Gasteiger partial charge in [0.05, 0.1) is 11.1 Å². The highest BCUT2D eigenvalue weighted by atomic mass is 35.5. The summed E-state index contributed by atoms with van der Waals surface area (Å²) in [6.45, 7) is 0.406. The second-order valence-electron chi connectivity index (χ2n) is 5.16. The van der Waals surface area contributed by atoms with Crippen LogP contribution in [0.2, 0.25) is 10.0 Å². The number of carbonyl (C=O) groups is 1. The van der Waals surface area contributed by atoms with Crippen LogP contribution in [-0.2, 0) is 4.79 Å². The molecule has 0 spiro atoms. The number of rotatable bonds is 7. The summed E-state index contributed by atoms with van der Waals surface area (Å²) in [6.07, 6.45) is 0. The minimum atomic E-state index is -0.204. The van der Waals surface area contributed by atoms with Crippen LogP contribution in [-0.4, -0.2) is 38.1 Å². The van der Waals surface area contributed by atoms with Gasteiger partial charge >= 0.3 is 0 Å². The first-order valence-electron chi connectivity index (χ1n) is 7.01. The van der Waals surface area contributed by atoms with Crippen molar-refractivity contribution in [2.75, 3.05) is 27.2 Å². The molecule has 0 radical (unpaired) electrons. The van der Waals surface area contributed by atoms with E-state index in [1.807, 2.05) is 25.5 Å². The molecule has 0 aliphatic rings. The van der Waals surface area contributed by atoms with E-state index < -0.39 is 0 Å². The molecular formula is C16H18Cl2N2O2S. The largest absolute Gasteiger partial charge is 0.482 e. The molecule has 124 valence electrons. The van der Waals surface area contributed by atoms with Crippen LogP contribution in [0.15, 0.2) is 35.7 Å². The van der Waals surface area contributed by atoms with Crippen LogP contribution in [0.5, 0.6) is 5.75 Å². The van der Waals surface area contributed by atoms with Crippen LogP contribution in [0, 0.1) is 0 Å². The molecule has 0 aliphatic carbocycles. The van der Waals surface area contributed by atoms with Crippen molar-refractivity contribution in [1.29, 1.82) is 0 Å². The molecule has 1 amide bonds. The molecule has 23 heavy (non-hydrogen) atoms. The maximum Gasteiger partial charge on any atom is 0.258 e. The molecule has 0 bridgehead atoms. The highest BCUT2D eigenvalue weighted by Gasteiger charge is 2.16. The van der Waals surface area contributed by atoms with Crippen molar-refractivity contribution in [2.45, 2.75) is 6.04 Å². The molecule has 2 aromatic rings. The molecule has 2 rings (SSSR count). The number of thiophene rings is 1. The number of benzene rings is 1. The lowest BCUT2D eigenvalue weighted by Crippen LogP contribution is -2.36. The standard InChI is InChI=1S/C16H18Cl2N2O2S/c1-20(2)13(15-4-3-7-23-15)9-19-16(21)10-22-14-8-11(17)5-6-12(14)18/h3-8,13H,9-10H2,1-2H3,(H,19,21). The van der Waals surface area contributed by atoms with Crippen molar-refractivity contribution in [2.24, 2.45) is 0 Å². The van der Waals surface area contributed by atoms with Crippen LogP contribution in [0.25, 0.3) is 0 Å². The van der Waals surface area contributed by atoms with Gasteiger partial charge in [0, 0.05) is 22.5 Å². The Bertz CT molecular complexity index is 648. The first-order valence-corrected chi connectivity index (χ1v) is 8.65. The zero-order valence-electron chi connectivity index (χ0n) is 12.9. The van der Waals surface area contributed by atoms with E-state index in [4.69, 9.17) is 27.9 Å². The van der Waals surface area contributed by atoms with Gasteiger partial charge in [-0.05, 0) is 37.7 Å². The molecule has 1 aromatic carbocycles. The second kappa shape index (κ2) is 8.55. The van der Waals surface area contributed by atoms with Gasteiger partial charge in [-0.25, -0.2) is 0 Å². The average Bonchev–Trinajstić information content (AvgIpc) is 3.02. The Morgan fingerprint density at radius 3 is 2.78 bits per heavy atom. The van der Waals surface area contributed by atoms with E-state index >= 15 is 0 Å². The SMILES string of the molecule is CN(C)C(CNC(=O)COc1cc(Cl)ccc1Cl)c1cccs1. The zero-order chi connectivity index (χ0) is 16.8. The Morgan fingerprint density at radius 2 is 2.13 bits per heavy atom. The monoisotopic (exact) mass is 372 g/mol. The van der Waals surface area contributed by atoms with Crippen LogP contribution in [0.1, 0.15) is 10.9 Å². The number of ether oxygens (including phenoxy) is 1. The molecule has 1 heterocycles. The fraction of sp³-hybridized carbons (Fsp3) is 0.312. The Balaban J connectivity index is 1.86. The summed E-state index contributed by atoms with van der Waals surface area (Å²) in [5, 5.41) is 5.84. The van der Waals surface area contributed by atoms with E-state index in [0.717, 1.165) is 0 Å². The van der Waals surface area contributed by atoms with E-state index in [0.29, 0.717) is 22.3 Å². The van der Waals surface area contributed by atoms with Crippen LogP contribution < -0.4 is 10.1 Å². The number of halogens is 2. The van der Waals surface area contributed by atoms with Gasteiger partial charge < -0.3 is 15.0 Å². The van der Waals surface area contributed by atoms with Crippen molar-refractivity contribution >= 4 is 40.4 Å². The first kappa shape index (κ1) is 18.1. The van der Waals surface area contributed by atoms with Crippen LogP contribution in [0.3, 0.4) is 0 Å². The highest BCUT2D eigenvalue weighted by Crippen LogP contribution is 2.27. The Kier molecular flexibility index (Phi) is 6.72. The predicted octanol–water partition coefficient (Wildman–Crippen LogP) is 3.85. The second-order valence-corrected chi connectivity index (χ2v) is 6.99. The first-order chi connectivity index (χ1) is 11.0.